The summed E-state index contributed by atoms with van der Waals surface area (Å²) < 4.78 is 0. The van der Waals surface area contributed by atoms with Crippen molar-refractivity contribution in [2.75, 3.05) is 5.32 Å². The Bertz CT molecular complexity index is 314. The summed E-state index contributed by atoms with van der Waals surface area (Å²) in [7, 11) is 0. The quantitative estimate of drug-likeness (QED) is 0.809. The van der Waals surface area contributed by atoms with Crippen molar-refractivity contribution < 1.29 is 6.22 Å². The smallest absolute Gasteiger partial charge is 0.154 e. The maximum Gasteiger partial charge on any atom is 0.154 e. The largest absolute Gasteiger partial charge is 0.374 e. The van der Waals surface area contributed by atoms with E-state index < -0.39 is 0 Å². The number of Topliss-reactive ketones (excluding diaryl/α,β-unsaturated/α-hetero) is 1. The zero-order valence-corrected chi connectivity index (χ0v) is 9.53. The number of rotatable bonds is 5. The van der Waals surface area contributed by atoms with Crippen molar-refractivity contribution in [1.82, 2.24) is 4.98 Å². The fourth-order valence-corrected chi connectivity index (χ4v) is 1.47. The number of ketones is 1. The van der Waals surface area contributed by atoms with Gasteiger partial charge in [-0.15, -0.1) is 0 Å². The van der Waals surface area contributed by atoms with Crippen molar-refractivity contribution in [3.63, 3.8) is 0 Å². The third-order valence-electron chi connectivity index (χ3n) is 2.35. The van der Waals surface area contributed by atoms with Crippen molar-refractivity contribution in [3.8, 4) is 0 Å². The number of aromatic nitrogens is 1. The maximum absolute atomic E-state index is 11.7. The second-order valence-corrected chi connectivity index (χ2v) is 3.93. The van der Waals surface area contributed by atoms with E-state index in [4.69, 9.17) is 0 Å². The van der Waals surface area contributed by atoms with Gasteiger partial charge in [-0.3, -0.25) is 9.78 Å². The number of nitrogens with zero attached hydrogens (tertiary/aromatic N) is 1. The van der Waals surface area contributed by atoms with E-state index in [0.29, 0.717) is 6.42 Å². The van der Waals surface area contributed by atoms with Crippen LogP contribution in [-0.2, 0) is 4.79 Å². The number of nitrogens with one attached hydrogen (secondary N) is 1. The lowest BCUT2D eigenvalue weighted by molar-refractivity contribution is -0.120. The maximum atomic E-state index is 11.7. The van der Waals surface area contributed by atoms with Crippen LogP contribution in [0.15, 0.2) is 24.5 Å². The highest BCUT2D eigenvalue weighted by Gasteiger charge is 2.19. The minimum Gasteiger partial charge on any atom is -0.374 e. The van der Waals surface area contributed by atoms with Gasteiger partial charge in [-0.1, -0.05) is 20.8 Å². The van der Waals surface area contributed by atoms with Crippen molar-refractivity contribution in [2.45, 2.75) is 33.2 Å². The zero-order chi connectivity index (χ0) is 11.3. The standard InChI is InChI=1S/C12H18N2O.H2/c1-4-11(15)12(9(2)3)14-10-6-5-7-13-8-10;/h5-9,12,14H,4H2,1-3H3;1H/t12-;/m0./s1. The van der Waals surface area contributed by atoms with Crippen molar-refractivity contribution in [1.29, 1.82) is 0 Å². The van der Waals surface area contributed by atoms with Crippen LogP contribution in [0.2, 0.25) is 0 Å². The summed E-state index contributed by atoms with van der Waals surface area (Å²) >= 11 is 0. The Balaban J connectivity index is 0.00000225. The average Bonchev–Trinajstić information content (AvgIpc) is 2.26. The van der Waals surface area contributed by atoms with Crippen molar-refractivity contribution in [2.24, 2.45) is 5.92 Å². The van der Waals surface area contributed by atoms with Gasteiger partial charge in [0.25, 0.3) is 0 Å². The molecule has 0 radical (unpaired) electrons. The van der Waals surface area contributed by atoms with E-state index in [-0.39, 0.29) is 19.2 Å². The summed E-state index contributed by atoms with van der Waals surface area (Å²) in [5.74, 6) is 0.534. The minimum atomic E-state index is -0.112. The third kappa shape index (κ3) is 3.35. The van der Waals surface area contributed by atoms with Gasteiger partial charge < -0.3 is 5.32 Å². The molecule has 1 N–H and O–H groups in total. The highest BCUT2D eigenvalue weighted by molar-refractivity contribution is 5.86. The fraction of sp³-hybridized carbons (Fsp3) is 0.500. The lowest BCUT2D eigenvalue weighted by Gasteiger charge is -2.21. The van der Waals surface area contributed by atoms with Gasteiger partial charge in [-0.05, 0) is 18.1 Å². The Hall–Kier alpha value is -1.38. The topological polar surface area (TPSA) is 42.0 Å². The predicted molar refractivity (Wildman–Crippen MR) is 63.9 cm³/mol. The first-order chi connectivity index (χ1) is 7.15. The average molecular weight is 208 g/mol. The second-order valence-electron chi connectivity index (χ2n) is 3.93. The molecule has 0 aromatic carbocycles. The molecule has 0 aliphatic heterocycles. The van der Waals surface area contributed by atoms with Gasteiger partial charge in [-0.25, -0.2) is 0 Å². The molecule has 0 unspecified atom stereocenters. The molecule has 15 heavy (non-hydrogen) atoms. The molecule has 3 nitrogen and oxygen atoms in total. The van der Waals surface area contributed by atoms with E-state index in [1.54, 1.807) is 12.4 Å². The molecule has 0 amide bonds. The van der Waals surface area contributed by atoms with Crippen LogP contribution < -0.4 is 5.32 Å². The van der Waals surface area contributed by atoms with E-state index in [1.165, 1.54) is 0 Å². The van der Waals surface area contributed by atoms with E-state index in [0.717, 1.165) is 5.69 Å². The van der Waals surface area contributed by atoms with E-state index in [9.17, 15) is 4.79 Å². The number of carbonyl (C=O) groups is 1. The Morgan fingerprint density at radius 2 is 2.33 bits per heavy atom. The molecular formula is C12H20N2O. The molecule has 1 rings (SSSR count). The zero-order valence-electron chi connectivity index (χ0n) is 9.53. The van der Waals surface area contributed by atoms with E-state index in [2.05, 4.69) is 10.3 Å². The summed E-state index contributed by atoms with van der Waals surface area (Å²) in [6, 6.07) is 3.67. The molecule has 1 heterocycles. The van der Waals surface area contributed by atoms with Crippen LogP contribution in [0.25, 0.3) is 0 Å². The summed E-state index contributed by atoms with van der Waals surface area (Å²) in [5, 5.41) is 3.22. The normalized spacial score (nSPS) is 12.5. The summed E-state index contributed by atoms with van der Waals surface area (Å²) in [5.41, 5.74) is 0.901. The summed E-state index contributed by atoms with van der Waals surface area (Å²) in [6.07, 6.45) is 4.02. The van der Waals surface area contributed by atoms with Crippen LogP contribution in [0.3, 0.4) is 0 Å². The summed E-state index contributed by atoms with van der Waals surface area (Å²) in [4.78, 5) is 15.7. The summed E-state index contributed by atoms with van der Waals surface area (Å²) in [6.45, 7) is 5.98. The monoisotopic (exact) mass is 208 g/mol. The number of hydrogen-bond donors (Lipinski definition) is 1. The molecular weight excluding hydrogens is 188 g/mol. The Morgan fingerprint density at radius 1 is 1.60 bits per heavy atom. The molecule has 84 valence electrons. The third-order valence-corrected chi connectivity index (χ3v) is 2.35. The predicted octanol–water partition coefficient (Wildman–Crippen LogP) is 2.74. The van der Waals surface area contributed by atoms with Gasteiger partial charge in [0, 0.05) is 20.2 Å². The Kier molecular flexibility index (Phi) is 4.28. The van der Waals surface area contributed by atoms with Crippen LogP contribution in [0, 0.1) is 5.92 Å². The van der Waals surface area contributed by atoms with Gasteiger partial charge in [0.2, 0.25) is 0 Å². The van der Waals surface area contributed by atoms with E-state index >= 15 is 0 Å². The first-order valence-corrected chi connectivity index (χ1v) is 5.34. The lowest BCUT2D eigenvalue weighted by atomic mass is 9.98. The molecule has 0 bridgehead atoms. The second kappa shape index (κ2) is 5.49. The Morgan fingerprint density at radius 3 is 2.80 bits per heavy atom. The van der Waals surface area contributed by atoms with Gasteiger partial charge in [-0.2, -0.15) is 0 Å². The van der Waals surface area contributed by atoms with Gasteiger partial charge in [0.15, 0.2) is 5.78 Å². The van der Waals surface area contributed by atoms with Crippen molar-refractivity contribution in [3.05, 3.63) is 24.5 Å². The molecule has 0 aliphatic carbocycles. The molecule has 1 atom stereocenters. The van der Waals surface area contributed by atoms with Gasteiger partial charge in [0.1, 0.15) is 0 Å². The van der Waals surface area contributed by atoms with Crippen LogP contribution in [-0.4, -0.2) is 16.8 Å². The molecule has 0 aliphatic rings. The number of anilines is 1. The molecule has 0 saturated carbocycles. The first kappa shape index (κ1) is 11.7. The number of pyridine rings is 1. The van der Waals surface area contributed by atoms with Gasteiger partial charge in [0.05, 0.1) is 11.7 Å². The Labute approximate surface area is 92.4 Å². The van der Waals surface area contributed by atoms with E-state index in [1.807, 2.05) is 32.9 Å². The molecule has 1 aromatic rings. The SMILES string of the molecule is CCC(=O)[C@@H](Nc1cccnc1)C(C)C.[HH]. The highest BCUT2D eigenvalue weighted by atomic mass is 16.1. The van der Waals surface area contributed by atoms with Crippen LogP contribution in [0.4, 0.5) is 5.69 Å². The van der Waals surface area contributed by atoms with Crippen LogP contribution >= 0.6 is 0 Å². The van der Waals surface area contributed by atoms with Crippen molar-refractivity contribution >= 4 is 11.5 Å². The molecule has 0 spiro atoms. The van der Waals surface area contributed by atoms with Crippen LogP contribution in [0.1, 0.15) is 28.6 Å². The number of hydrogen-bond acceptors (Lipinski definition) is 3. The molecule has 0 saturated heterocycles. The van der Waals surface area contributed by atoms with Crippen LogP contribution in [0.5, 0.6) is 0 Å². The lowest BCUT2D eigenvalue weighted by Crippen LogP contribution is -2.34. The first-order valence-electron chi connectivity index (χ1n) is 5.34. The van der Waals surface area contributed by atoms with Gasteiger partial charge >= 0.3 is 0 Å². The molecule has 3 heteroatoms. The molecule has 0 fully saturated rings. The number of carbonyl (C=O) groups excluding carboxylic acids is 1. The highest BCUT2D eigenvalue weighted by Crippen LogP contribution is 2.13. The minimum absolute atomic E-state index is 0. The molecule has 1 aromatic heterocycles. The fourth-order valence-electron chi connectivity index (χ4n) is 1.47.